The predicted molar refractivity (Wildman–Crippen MR) is 102 cm³/mol. The molecule has 1 aliphatic rings. The molecule has 130 valence electrons. The first-order valence-electron chi connectivity index (χ1n) is 8.69. The molecular formula is C19H23N5S. The summed E-state index contributed by atoms with van der Waals surface area (Å²) in [7, 11) is 0. The summed E-state index contributed by atoms with van der Waals surface area (Å²) >= 11 is 1.94. The van der Waals surface area contributed by atoms with Gasteiger partial charge in [0, 0.05) is 35.1 Å². The SMILES string of the molecule is Cc1nc(C)n(Cc2cccc(NCc3cc4c(s3)CCNC4)c2)n1. The van der Waals surface area contributed by atoms with Gasteiger partial charge in [0.15, 0.2) is 0 Å². The molecule has 4 rings (SSSR count). The van der Waals surface area contributed by atoms with Gasteiger partial charge in [-0.2, -0.15) is 5.10 Å². The molecule has 0 spiro atoms. The fourth-order valence-corrected chi connectivity index (χ4v) is 4.38. The lowest BCUT2D eigenvalue weighted by atomic mass is 10.1. The molecule has 0 bridgehead atoms. The van der Waals surface area contributed by atoms with Crippen LogP contribution < -0.4 is 10.6 Å². The topological polar surface area (TPSA) is 54.8 Å². The maximum atomic E-state index is 4.45. The Labute approximate surface area is 152 Å². The van der Waals surface area contributed by atoms with Gasteiger partial charge < -0.3 is 10.6 Å². The smallest absolute Gasteiger partial charge is 0.147 e. The summed E-state index contributed by atoms with van der Waals surface area (Å²) in [6, 6.07) is 10.9. The van der Waals surface area contributed by atoms with E-state index in [4.69, 9.17) is 0 Å². The Hall–Kier alpha value is -2.18. The molecule has 2 aromatic heterocycles. The van der Waals surface area contributed by atoms with E-state index in [2.05, 4.69) is 51.0 Å². The molecular weight excluding hydrogens is 330 g/mol. The molecule has 0 radical (unpaired) electrons. The maximum absolute atomic E-state index is 4.45. The Bertz CT molecular complexity index is 856. The van der Waals surface area contributed by atoms with Crippen LogP contribution in [0, 0.1) is 13.8 Å². The molecule has 0 atom stereocenters. The number of benzene rings is 1. The normalized spacial score (nSPS) is 13.7. The fourth-order valence-electron chi connectivity index (χ4n) is 3.25. The third-order valence-electron chi connectivity index (χ3n) is 4.48. The highest BCUT2D eigenvalue weighted by Crippen LogP contribution is 2.26. The van der Waals surface area contributed by atoms with Crippen molar-refractivity contribution in [1.29, 1.82) is 0 Å². The molecule has 5 nitrogen and oxygen atoms in total. The molecule has 0 aliphatic carbocycles. The fraction of sp³-hybridized carbons (Fsp3) is 0.368. The van der Waals surface area contributed by atoms with Crippen molar-refractivity contribution in [3.63, 3.8) is 0 Å². The number of nitrogens with zero attached hydrogens (tertiary/aromatic N) is 3. The van der Waals surface area contributed by atoms with E-state index in [0.29, 0.717) is 0 Å². The second-order valence-corrected chi connectivity index (χ2v) is 7.73. The van der Waals surface area contributed by atoms with E-state index in [1.807, 2.05) is 29.9 Å². The molecule has 0 fully saturated rings. The molecule has 0 unspecified atom stereocenters. The lowest BCUT2D eigenvalue weighted by Crippen LogP contribution is -2.21. The van der Waals surface area contributed by atoms with Crippen LogP contribution in [0.5, 0.6) is 0 Å². The average molecular weight is 353 g/mol. The lowest BCUT2D eigenvalue weighted by molar-refractivity contribution is 0.652. The van der Waals surface area contributed by atoms with Crippen LogP contribution in [-0.4, -0.2) is 21.3 Å². The number of anilines is 1. The molecule has 0 saturated carbocycles. The zero-order chi connectivity index (χ0) is 17.2. The van der Waals surface area contributed by atoms with Crippen LogP contribution in [0.25, 0.3) is 0 Å². The minimum atomic E-state index is 0.751. The van der Waals surface area contributed by atoms with Crippen molar-refractivity contribution in [2.24, 2.45) is 0 Å². The molecule has 2 N–H and O–H groups in total. The summed E-state index contributed by atoms with van der Waals surface area (Å²) in [6.07, 6.45) is 1.16. The summed E-state index contributed by atoms with van der Waals surface area (Å²) in [6.45, 7) is 7.67. The number of aromatic nitrogens is 3. The molecule has 3 aromatic rings. The van der Waals surface area contributed by atoms with Crippen molar-refractivity contribution in [1.82, 2.24) is 20.1 Å². The summed E-state index contributed by atoms with van der Waals surface area (Å²) in [5, 5.41) is 11.4. The van der Waals surface area contributed by atoms with Crippen LogP contribution in [0.3, 0.4) is 0 Å². The summed E-state index contributed by atoms with van der Waals surface area (Å²) in [5.74, 6) is 1.77. The number of fused-ring (bicyclic) bond motifs is 1. The number of rotatable bonds is 5. The van der Waals surface area contributed by atoms with Crippen molar-refractivity contribution in [3.05, 3.63) is 62.9 Å². The first-order chi connectivity index (χ1) is 12.2. The standard InChI is InChI=1S/C19H23N5S/c1-13-22-14(2)24(23-13)12-15-4-3-5-17(8-15)21-11-18-9-16-10-20-7-6-19(16)25-18/h3-5,8-9,20-21H,6-7,10-12H2,1-2H3. The van der Waals surface area contributed by atoms with Gasteiger partial charge in [0.25, 0.3) is 0 Å². The summed E-state index contributed by atoms with van der Waals surface area (Å²) in [5.41, 5.74) is 3.85. The Morgan fingerprint density at radius 2 is 2.20 bits per heavy atom. The molecule has 1 aliphatic heterocycles. The van der Waals surface area contributed by atoms with Crippen molar-refractivity contribution in [2.45, 2.75) is 39.9 Å². The van der Waals surface area contributed by atoms with E-state index in [1.165, 1.54) is 16.0 Å². The highest BCUT2D eigenvalue weighted by atomic mass is 32.1. The Kier molecular flexibility index (Phi) is 4.55. The number of thiophene rings is 1. The van der Waals surface area contributed by atoms with E-state index >= 15 is 0 Å². The molecule has 1 aromatic carbocycles. The number of aryl methyl sites for hydroxylation is 2. The molecule has 6 heteroatoms. The number of nitrogens with one attached hydrogen (secondary N) is 2. The minimum Gasteiger partial charge on any atom is -0.380 e. The van der Waals surface area contributed by atoms with Gasteiger partial charge in [-0.1, -0.05) is 12.1 Å². The maximum Gasteiger partial charge on any atom is 0.147 e. The van der Waals surface area contributed by atoms with Crippen molar-refractivity contribution >= 4 is 17.0 Å². The quantitative estimate of drug-likeness (QED) is 0.739. The predicted octanol–water partition coefficient (Wildman–Crippen LogP) is 3.26. The van der Waals surface area contributed by atoms with E-state index in [9.17, 15) is 0 Å². The second-order valence-electron chi connectivity index (χ2n) is 6.51. The third kappa shape index (κ3) is 3.75. The largest absolute Gasteiger partial charge is 0.380 e. The van der Waals surface area contributed by atoms with Gasteiger partial charge in [-0.3, -0.25) is 0 Å². The first kappa shape index (κ1) is 16.3. The molecule has 0 saturated heterocycles. The average Bonchev–Trinajstić information content (AvgIpc) is 3.16. The van der Waals surface area contributed by atoms with Crippen LogP contribution in [0.1, 0.15) is 32.5 Å². The third-order valence-corrected chi connectivity index (χ3v) is 5.72. The van der Waals surface area contributed by atoms with Gasteiger partial charge in [0.05, 0.1) is 6.54 Å². The minimum absolute atomic E-state index is 0.751. The Morgan fingerprint density at radius 3 is 3.00 bits per heavy atom. The molecule has 3 heterocycles. The Balaban J connectivity index is 1.43. The lowest BCUT2D eigenvalue weighted by Gasteiger charge is -2.10. The zero-order valence-electron chi connectivity index (χ0n) is 14.7. The van der Waals surface area contributed by atoms with Crippen molar-refractivity contribution in [2.75, 3.05) is 11.9 Å². The highest BCUT2D eigenvalue weighted by molar-refractivity contribution is 7.12. The van der Waals surface area contributed by atoms with Gasteiger partial charge in [0.2, 0.25) is 0 Å². The number of hydrogen-bond acceptors (Lipinski definition) is 5. The van der Waals surface area contributed by atoms with Gasteiger partial charge in [0.1, 0.15) is 11.6 Å². The second kappa shape index (κ2) is 6.98. The van der Waals surface area contributed by atoms with Crippen molar-refractivity contribution in [3.8, 4) is 0 Å². The monoisotopic (exact) mass is 353 g/mol. The van der Waals surface area contributed by atoms with E-state index in [-0.39, 0.29) is 0 Å². The van der Waals surface area contributed by atoms with Crippen LogP contribution in [0.15, 0.2) is 30.3 Å². The van der Waals surface area contributed by atoms with Gasteiger partial charge in [-0.05, 0) is 49.6 Å². The van der Waals surface area contributed by atoms with Crippen LogP contribution >= 0.6 is 11.3 Å². The van der Waals surface area contributed by atoms with E-state index in [0.717, 1.165) is 49.9 Å². The molecule has 25 heavy (non-hydrogen) atoms. The van der Waals surface area contributed by atoms with E-state index in [1.54, 1.807) is 4.88 Å². The highest BCUT2D eigenvalue weighted by Gasteiger charge is 2.12. The first-order valence-corrected chi connectivity index (χ1v) is 9.51. The summed E-state index contributed by atoms with van der Waals surface area (Å²) in [4.78, 5) is 7.32. The zero-order valence-corrected chi connectivity index (χ0v) is 15.5. The van der Waals surface area contributed by atoms with E-state index < -0.39 is 0 Å². The van der Waals surface area contributed by atoms with Crippen LogP contribution in [0.4, 0.5) is 5.69 Å². The Morgan fingerprint density at radius 1 is 1.28 bits per heavy atom. The van der Waals surface area contributed by atoms with Gasteiger partial charge in [-0.15, -0.1) is 11.3 Å². The van der Waals surface area contributed by atoms with Crippen molar-refractivity contribution < 1.29 is 0 Å². The number of hydrogen-bond donors (Lipinski definition) is 2. The van der Waals surface area contributed by atoms with Crippen LogP contribution in [0.2, 0.25) is 0 Å². The van der Waals surface area contributed by atoms with Gasteiger partial charge in [-0.25, -0.2) is 9.67 Å². The molecule has 0 amide bonds. The van der Waals surface area contributed by atoms with Gasteiger partial charge >= 0.3 is 0 Å². The summed E-state index contributed by atoms with van der Waals surface area (Å²) < 4.78 is 1.95. The van der Waals surface area contributed by atoms with Crippen LogP contribution in [-0.2, 0) is 26.1 Å².